The number of aromatic hydroxyl groups is 1. The average molecular weight is 528 g/mol. The van der Waals surface area contributed by atoms with E-state index in [-0.39, 0.29) is 17.5 Å². The number of aryl methyl sites for hydroxylation is 2. The molecule has 0 spiro atoms. The van der Waals surface area contributed by atoms with Crippen LogP contribution in [0.25, 0.3) is 0 Å². The highest BCUT2D eigenvalue weighted by Crippen LogP contribution is 2.38. The van der Waals surface area contributed by atoms with E-state index >= 15 is 0 Å². The number of thiol groups is 1. The number of amides is 3. The molecule has 2 aromatic carbocycles. The maximum absolute atomic E-state index is 14.0. The standard InChI is InChI=1S/C28H37N3O5S/c1-17-10-6-7-15-21(17)29-25(33)23(20-14-8-11-18(2)24(20)32)31(19-12-9-13-19)26(34)22(16-37)30-27(35)36-28(3,4)5/h6-8,10-11,14-15,19,22-23,32,37H,9,12-13,16H2,1-5H3,(H,29,33)(H,30,35). The zero-order valence-electron chi connectivity index (χ0n) is 22.1. The topological polar surface area (TPSA) is 108 Å². The van der Waals surface area contributed by atoms with Crippen LogP contribution >= 0.6 is 12.6 Å². The number of carbonyl (C=O) groups excluding carboxylic acids is 3. The Hall–Kier alpha value is -3.20. The summed E-state index contributed by atoms with van der Waals surface area (Å²) in [7, 11) is 0. The second-order valence-electron chi connectivity index (χ2n) is 10.4. The van der Waals surface area contributed by atoms with Crippen molar-refractivity contribution in [2.45, 2.75) is 77.6 Å². The van der Waals surface area contributed by atoms with Gasteiger partial charge in [0.15, 0.2) is 0 Å². The number of ether oxygens (including phenoxy) is 1. The normalized spacial score (nSPS) is 15.2. The number of phenols is 1. The van der Waals surface area contributed by atoms with Crippen molar-refractivity contribution >= 4 is 36.2 Å². The number of carbonyl (C=O) groups is 3. The molecule has 2 aromatic rings. The highest BCUT2D eigenvalue weighted by Gasteiger charge is 2.42. The Kier molecular flexibility index (Phi) is 9.12. The summed E-state index contributed by atoms with van der Waals surface area (Å²) < 4.78 is 5.35. The van der Waals surface area contributed by atoms with E-state index in [1.165, 1.54) is 4.90 Å². The van der Waals surface area contributed by atoms with Gasteiger partial charge in [-0.15, -0.1) is 0 Å². The van der Waals surface area contributed by atoms with E-state index in [0.717, 1.165) is 12.0 Å². The number of hydrogen-bond acceptors (Lipinski definition) is 6. The van der Waals surface area contributed by atoms with Crippen LogP contribution in [0.4, 0.5) is 10.5 Å². The van der Waals surface area contributed by atoms with Crippen molar-refractivity contribution < 1.29 is 24.2 Å². The van der Waals surface area contributed by atoms with Gasteiger partial charge in [0.1, 0.15) is 23.4 Å². The van der Waals surface area contributed by atoms with E-state index < -0.39 is 35.6 Å². The van der Waals surface area contributed by atoms with Crippen LogP contribution in [0.2, 0.25) is 0 Å². The molecule has 1 saturated carbocycles. The van der Waals surface area contributed by atoms with Crippen LogP contribution in [0.1, 0.15) is 62.8 Å². The number of nitrogens with one attached hydrogen (secondary N) is 2. The van der Waals surface area contributed by atoms with Gasteiger partial charge in [-0.25, -0.2) is 4.79 Å². The number of phenolic OH excluding ortho intramolecular Hbond substituents is 1. The highest BCUT2D eigenvalue weighted by molar-refractivity contribution is 7.80. The molecule has 1 aliphatic carbocycles. The summed E-state index contributed by atoms with van der Waals surface area (Å²) in [6, 6.07) is 10.1. The number of para-hydroxylation sites is 2. The molecule has 2 atom stereocenters. The fraction of sp³-hybridized carbons (Fsp3) is 0.464. The van der Waals surface area contributed by atoms with Gasteiger partial charge in [-0.2, -0.15) is 12.6 Å². The molecule has 0 radical (unpaired) electrons. The predicted octanol–water partition coefficient (Wildman–Crippen LogP) is 4.89. The number of alkyl carbamates (subject to hydrolysis) is 1. The second kappa shape index (κ2) is 11.9. The van der Waals surface area contributed by atoms with Gasteiger partial charge in [0.25, 0.3) is 5.91 Å². The molecule has 1 fully saturated rings. The molecule has 0 heterocycles. The minimum atomic E-state index is -1.12. The van der Waals surface area contributed by atoms with Gasteiger partial charge in [0.2, 0.25) is 5.91 Å². The molecular weight excluding hydrogens is 490 g/mol. The van der Waals surface area contributed by atoms with Gasteiger partial charge < -0.3 is 25.4 Å². The first-order chi connectivity index (χ1) is 17.4. The summed E-state index contributed by atoms with van der Waals surface area (Å²) >= 11 is 4.32. The lowest BCUT2D eigenvalue weighted by Crippen LogP contribution is -2.57. The van der Waals surface area contributed by atoms with Gasteiger partial charge in [-0.05, 0) is 71.1 Å². The first kappa shape index (κ1) is 28.4. The number of hydrogen-bond donors (Lipinski definition) is 4. The highest BCUT2D eigenvalue weighted by atomic mass is 32.1. The van der Waals surface area contributed by atoms with Crippen molar-refractivity contribution in [2.24, 2.45) is 0 Å². The fourth-order valence-corrected chi connectivity index (χ4v) is 4.48. The van der Waals surface area contributed by atoms with Crippen LogP contribution in [0.15, 0.2) is 42.5 Å². The third kappa shape index (κ3) is 6.97. The van der Waals surface area contributed by atoms with Gasteiger partial charge in [0.05, 0.1) is 0 Å². The molecule has 9 heteroatoms. The first-order valence-electron chi connectivity index (χ1n) is 12.5. The van der Waals surface area contributed by atoms with Crippen molar-refractivity contribution in [3.05, 3.63) is 59.2 Å². The zero-order valence-corrected chi connectivity index (χ0v) is 23.0. The van der Waals surface area contributed by atoms with Crippen LogP contribution in [0.5, 0.6) is 5.75 Å². The van der Waals surface area contributed by atoms with Crippen molar-refractivity contribution in [3.8, 4) is 5.75 Å². The maximum atomic E-state index is 14.0. The summed E-state index contributed by atoms with van der Waals surface area (Å²) in [5.41, 5.74) is 1.64. The molecule has 0 aromatic heterocycles. The van der Waals surface area contributed by atoms with Crippen molar-refractivity contribution in [2.75, 3.05) is 11.1 Å². The maximum Gasteiger partial charge on any atom is 0.408 e. The van der Waals surface area contributed by atoms with Crippen LogP contribution in [0.3, 0.4) is 0 Å². The van der Waals surface area contributed by atoms with E-state index in [0.29, 0.717) is 29.7 Å². The minimum Gasteiger partial charge on any atom is -0.507 e. The molecule has 3 N–H and O–H groups in total. The molecule has 37 heavy (non-hydrogen) atoms. The van der Waals surface area contributed by atoms with Gasteiger partial charge >= 0.3 is 6.09 Å². The summed E-state index contributed by atoms with van der Waals surface area (Å²) in [5, 5.41) is 16.5. The summed E-state index contributed by atoms with van der Waals surface area (Å²) in [5.74, 6) is -0.957. The fourth-order valence-electron chi connectivity index (χ4n) is 4.23. The van der Waals surface area contributed by atoms with E-state index in [1.807, 2.05) is 25.1 Å². The lowest BCUT2D eigenvalue weighted by atomic mass is 9.87. The minimum absolute atomic E-state index is 0.00717. The lowest BCUT2D eigenvalue weighted by molar-refractivity contribution is -0.145. The third-order valence-electron chi connectivity index (χ3n) is 6.39. The van der Waals surface area contributed by atoms with Crippen LogP contribution in [-0.4, -0.2) is 51.4 Å². The molecule has 1 aliphatic rings. The van der Waals surface area contributed by atoms with Crippen LogP contribution < -0.4 is 10.6 Å². The molecule has 3 amide bonds. The lowest BCUT2D eigenvalue weighted by Gasteiger charge is -2.43. The Morgan fingerprint density at radius 2 is 1.73 bits per heavy atom. The number of nitrogens with zero attached hydrogens (tertiary/aromatic N) is 1. The van der Waals surface area contributed by atoms with Gasteiger partial charge in [-0.1, -0.05) is 36.4 Å². The quantitative estimate of drug-likeness (QED) is 0.366. The molecule has 2 unspecified atom stereocenters. The van der Waals surface area contributed by atoms with Crippen molar-refractivity contribution in [1.29, 1.82) is 0 Å². The van der Waals surface area contributed by atoms with Crippen LogP contribution in [-0.2, 0) is 14.3 Å². The Morgan fingerprint density at radius 1 is 1.08 bits per heavy atom. The number of rotatable bonds is 8. The molecule has 0 aliphatic heterocycles. The Bertz CT molecular complexity index is 1140. The van der Waals surface area contributed by atoms with Crippen molar-refractivity contribution in [1.82, 2.24) is 10.2 Å². The molecule has 3 rings (SSSR count). The summed E-state index contributed by atoms with van der Waals surface area (Å²) in [4.78, 5) is 41.9. The number of anilines is 1. The monoisotopic (exact) mass is 527 g/mol. The molecule has 200 valence electrons. The van der Waals surface area contributed by atoms with E-state index in [4.69, 9.17) is 4.74 Å². The molecule has 0 bridgehead atoms. The van der Waals surface area contributed by atoms with Crippen LogP contribution in [0, 0.1) is 13.8 Å². The Balaban J connectivity index is 2.03. The molecule has 0 saturated heterocycles. The SMILES string of the molecule is Cc1ccccc1NC(=O)C(c1cccc(C)c1O)N(C(=O)C(CS)NC(=O)OC(C)(C)C)C1CCC1. The average Bonchev–Trinajstić information content (AvgIpc) is 2.78. The van der Waals surface area contributed by atoms with E-state index in [1.54, 1.807) is 52.0 Å². The predicted molar refractivity (Wildman–Crippen MR) is 147 cm³/mol. The zero-order chi connectivity index (χ0) is 27.3. The van der Waals surface area contributed by atoms with Gasteiger partial charge in [-0.3, -0.25) is 9.59 Å². The third-order valence-corrected chi connectivity index (χ3v) is 6.75. The molecule has 8 nitrogen and oxygen atoms in total. The van der Waals surface area contributed by atoms with E-state index in [9.17, 15) is 19.5 Å². The second-order valence-corrected chi connectivity index (χ2v) is 10.8. The van der Waals surface area contributed by atoms with Crippen molar-refractivity contribution in [3.63, 3.8) is 0 Å². The Morgan fingerprint density at radius 3 is 2.30 bits per heavy atom. The smallest absolute Gasteiger partial charge is 0.408 e. The summed E-state index contributed by atoms with van der Waals surface area (Å²) in [6.45, 7) is 8.82. The Labute approximate surface area is 224 Å². The van der Waals surface area contributed by atoms with E-state index in [2.05, 4.69) is 23.3 Å². The summed E-state index contributed by atoms with van der Waals surface area (Å²) in [6.07, 6.45) is 1.58. The first-order valence-corrected chi connectivity index (χ1v) is 13.1. The number of benzene rings is 2. The largest absolute Gasteiger partial charge is 0.507 e. The molecular formula is C28H37N3O5S. The van der Waals surface area contributed by atoms with Gasteiger partial charge in [0, 0.05) is 23.0 Å².